The van der Waals surface area contributed by atoms with Gasteiger partial charge in [-0.05, 0) is 96.7 Å². The largest absolute Gasteiger partial charge is 0.462 e. The fourth-order valence-electron chi connectivity index (χ4n) is 10.5. The number of ether oxygens (including phenoxy) is 1. The van der Waals surface area contributed by atoms with Crippen molar-refractivity contribution in [2.24, 2.45) is 50.7 Å². The first kappa shape index (κ1) is 24.6. The van der Waals surface area contributed by atoms with Crippen molar-refractivity contribution in [1.29, 1.82) is 0 Å². The molecule has 0 spiro atoms. The molecule has 5 rings (SSSR count). The summed E-state index contributed by atoms with van der Waals surface area (Å²) in [6, 6.07) is 0. The predicted molar refractivity (Wildman–Crippen MR) is 140 cm³/mol. The molecule has 5 aliphatic rings. The highest BCUT2D eigenvalue weighted by molar-refractivity contribution is 5.66. The van der Waals surface area contributed by atoms with E-state index in [1.807, 2.05) is 5.57 Å². The van der Waals surface area contributed by atoms with Crippen LogP contribution >= 0.6 is 0 Å². The van der Waals surface area contributed by atoms with Crippen molar-refractivity contribution in [3.63, 3.8) is 0 Å². The van der Waals surface area contributed by atoms with Crippen LogP contribution in [0.4, 0.5) is 0 Å². The number of hydrogen-bond donors (Lipinski definition) is 0. The summed E-state index contributed by atoms with van der Waals surface area (Å²) < 4.78 is 5.87. The smallest absolute Gasteiger partial charge is 0.302 e. The van der Waals surface area contributed by atoms with Crippen LogP contribution in [0.15, 0.2) is 23.3 Å². The van der Waals surface area contributed by atoms with Crippen LogP contribution in [0.3, 0.4) is 0 Å². The van der Waals surface area contributed by atoms with Crippen LogP contribution in [0.25, 0.3) is 0 Å². The molecular weight excluding hydrogens is 416 g/mol. The highest BCUT2D eigenvalue weighted by atomic mass is 16.5. The number of allylic oxidation sites excluding steroid dienone is 3. The van der Waals surface area contributed by atoms with Crippen molar-refractivity contribution in [3.8, 4) is 0 Å². The highest BCUT2D eigenvalue weighted by Crippen LogP contribution is 2.74. The summed E-state index contributed by atoms with van der Waals surface area (Å²) in [5.41, 5.74) is 4.57. The van der Waals surface area contributed by atoms with Crippen LogP contribution in [0.1, 0.15) is 114 Å². The van der Waals surface area contributed by atoms with Gasteiger partial charge in [0.15, 0.2) is 0 Å². The van der Waals surface area contributed by atoms with Gasteiger partial charge in [-0.2, -0.15) is 0 Å². The molecule has 5 aliphatic carbocycles. The quantitative estimate of drug-likeness (QED) is 0.286. The van der Waals surface area contributed by atoms with Crippen molar-refractivity contribution in [2.75, 3.05) is 0 Å². The van der Waals surface area contributed by atoms with Gasteiger partial charge in [-0.1, -0.05) is 78.7 Å². The van der Waals surface area contributed by atoms with Gasteiger partial charge in [-0.15, -0.1) is 0 Å². The maximum absolute atomic E-state index is 11.9. The maximum Gasteiger partial charge on any atom is 0.302 e. The van der Waals surface area contributed by atoms with Gasteiger partial charge >= 0.3 is 5.97 Å². The van der Waals surface area contributed by atoms with Crippen LogP contribution in [-0.2, 0) is 9.53 Å². The van der Waals surface area contributed by atoms with Crippen LogP contribution in [0, 0.1) is 50.7 Å². The number of hydrogen-bond acceptors (Lipinski definition) is 2. The SMILES string of the molecule is CC(=O)O[C@H]1CC[C@@]2(C)C(=CC[C@]3(C)[C@@H]2CC=C2[C@H]4[C@@H](C)[C@H](C)CC[C@]4(C)CC[C@]23C)C1(C)C. The van der Waals surface area contributed by atoms with Gasteiger partial charge in [-0.3, -0.25) is 4.79 Å². The Morgan fingerprint density at radius 2 is 1.65 bits per heavy atom. The zero-order valence-corrected chi connectivity index (χ0v) is 23.5. The second-order valence-corrected chi connectivity index (χ2v) is 14.8. The Labute approximate surface area is 209 Å². The molecule has 190 valence electrons. The molecule has 0 aromatic carbocycles. The minimum absolute atomic E-state index is 0.000995. The lowest BCUT2D eigenvalue weighted by Crippen LogP contribution is -2.61. The standard InChI is InChI=1S/C32H50O2/c1-20-12-15-29(6)18-19-31(8)23(27(29)21(20)2)10-11-25-30(7)16-14-26(34-22(3)33)28(4,5)24(30)13-17-32(25,31)9/h10,13,20-21,25-27H,11-12,14-19H2,1-9H3/t20-,21+,25-,26+,27-,29-,30+,31-,32-/m1/s1. The molecule has 3 fully saturated rings. The summed E-state index contributed by atoms with van der Waals surface area (Å²) in [5.74, 6) is 2.89. The van der Waals surface area contributed by atoms with E-state index in [-0.39, 0.29) is 28.3 Å². The fourth-order valence-corrected chi connectivity index (χ4v) is 10.5. The average molecular weight is 467 g/mol. The Morgan fingerprint density at radius 1 is 0.941 bits per heavy atom. The number of carbonyl (C=O) groups excluding carboxylic acids is 1. The Morgan fingerprint density at radius 3 is 2.32 bits per heavy atom. The summed E-state index contributed by atoms with van der Waals surface area (Å²) in [5, 5.41) is 0. The van der Waals surface area contributed by atoms with Crippen LogP contribution in [0.5, 0.6) is 0 Å². The lowest BCUT2D eigenvalue weighted by molar-refractivity contribution is -0.159. The summed E-state index contributed by atoms with van der Waals surface area (Å²) in [6.07, 6.45) is 15.4. The van der Waals surface area contributed by atoms with Crippen LogP contribution < -0.4 is 0 Å². The molecule has 2 heteroatoms. The van der Waals surface area contributed by atoms with Crippen LogP contribution in [0.2, 0.25) is 0 Å². The van der Waals surface area contributed by atoms with Gasteiger partial charge in [-0.25, -0.2) is 0 Å². The van der Waals surface area contributed by atoms with E-state index in [0.29, 0.717) is 16.7 Å². The number of rotatable bonds is 1. The van der Waals surface area contributed by atoms with E-state index in [2.05, 4.69) is 67.5 Å². The second kappa shape index (κ2) is 7.48. The first-order valence-electron chi connectivity index (χ1n) is 14.3. The van der Waals surface area contributed by atoms with Gasteiger partial charge in [0.25, 0.3) is 0 Å². The summed E-state index contributed by atoms with van der Waals surface area (Å²) in [6.45, 7) is 21.8. The molecule has 0 aromatic rings. The van der Waals surface area contributed by atoms with E-state index in [1.54, 1.807) is 12.5 Å². The summed E-state index contributed by atoms with van der Waals surface area (Å²) in [7, 11) is 0. The second-order valence-electron chi connectivity index (χ2n) is 14.8. The van der Waals surface area contributed by atoms with Gasteiger partial charge in [0, 0.05) is 12.3 Å². The molecule has 0 N–H and O–H groups in total. The monoisotopic (exact) mass is 466 g/mol. The first-order chi connectivity index (χ1) is 15.7. The molecule has 0 aromatic heterocycles. The third-order valence-corrected chi connectivity index (χ3v) is 13.0. The van der Waals surface area contributed by atoms with Crippen molar-refractivity contribution in [1.82, 2.24) is 0 Å². The van der Waals surface area contributed by atoms with Gasteiger partial charge < -0.3 is 4.74 Å². The normalized spacial score (nSPS) is 51.6. The van der Waals surface area contributed by atoms with Crippen molar-refractivity contribution in [2.45, 2.75) is 120 Å². The van der Waals surface area contributed by atoms with E-state index in [4.69, 9.17) is 4.74 Å². The van der Waals surface area contributed by atoms with Gasteiger partial charge in [0.2, 0.25) is 0 Å². The summed E-state index contributed by atoms with van der Waals surface area (Å²) >= 11 is 0. The van der Waals surface area contributed by atoms with E-state index >= 15 is 0 Å². The molecule has 0 aliphatic heterocycles. The fraction of sp³-hybridized carbons (Fsp3) is 0.844. The van der Waals surface area contributed by atoms with Crippen molar-refractivity contribution in [3.05, 3.63) is 23.3 Å². The molecule has 0 radical (unpaired) electrons. The molecule has 0 unspecified atom stereocenters. The molecule has 34 heavy (non-hydrogen) atoms. The third-order valence-electron chi connectivity index (χ3n) is 13.0. The lowest BCUT2D eigenvalue weighted by atomic mass is 9.35. The molecule has 3 saturated carbocycles. The minimum Gasteiger partial charge on any atom is -0.462 e. The molecular formula is C32H50O2. The molecule has 9 atom stereocenters. The third kappa shape index (κ3) is 3.02. The van der Waals surface area contributed by atoms with E-state index in [0.717, 1.165) is 30.6 Å². The number of fused-ring (bicyclic) bond motifs is 7. The Kier molecular flexibility index (Phi) is 5.42. The first-order valence-corrected chi connectivity index (χ1v) is 14.3. The molecule has 2 nitrogen and oxygen atoms in total. The van der Waals surface area contributed by atoms with Gasteiger partial charge in [0.1, 0.15) is 6.10 Å². The van der Waals surface area contributed by atoms with Crippen LogP contribution in [-0.4, -0.2) is 12.1 Å². The summed E-state index contributed by atoms with van der Waals surface area (Å²) in [4.78, 5) is 11.9. The highest BCUT2D eigenvalue weighted by Gasteiger charge is 2.66. The average Bonchev–Trinajstić information content (AvgIpc) is 2.74. The van der Waals surface area contributed by atoms with Crippen molar-refractivity contribution >= 4 is 5.97 Å². The Hall–Kier alpha value is -1.05. The zero-order chi connectivity index (χ0) is 24.9. The Bertz CT molecular complexity index is 941. The molecule has 0 amide bonds. The maximum atomic E-state index is 11.9. The van der Waals surface area contributed by atoms with Crippen molar-refractivity contribution < 1.29 is 9.53 Å². The minimum atomic E-state index is -0.137. The van der Waals surface area contributed by atoms with Gasteiger partial charge in [0.05, 0.1) is 0 Å². The van der Waals surface area contributed by atoms with E-state index in [9.17, 15) is 4.79 Å². The molecule has 0 saturated heterocycles. The predicted octanol–water partition coefficient (Wildman–Crippen LogP) is 8.52. The van der Waals surface area contributed by atoms with E-state index < -0.39 is 0 Å². The topological polar surface area (TPSA) is 26.3 Å². The Balaban J connectivity index is 1.57. The van der Waals surface area contributed by atoms with E-state index in [1.165, 1.54) is 38.5 Å². The zero-order valence-electron chi connectivity index (χ0n) is 23.5. The molecule has 0 heterocycles. The lowest BCUT2D eigenvalue weighted by Gasteiger charge is -2.69. The number of esters is 1. The number of carbonyl (C=O) groups is 1. The molecule has 0 bridgehead atoms.